The van der Waals surface area contributed by atoms with Gasteiger partial charge in [0.1, 0.15) is 35.2 Å². The molecule has 0 aliphatic rings. The van der Waals surface area contributed by atoms with Crippen LogP contribution in [0.4, 0.5) is 28.4 Å². The van der Waals surface area contributed by atoms with Crippen LogP contribution < -0.4 is 20.5 Å². The average molecular weight is 597 g/mol. The van der Waals surface area contributed by atoms with E-state index in [0.29, 0.717) is 80.5 Å². The summed E-state index contributed by atoms with van der Waals surface area (Å²) in [7, 11) is -1.52. The van der Waals surface area contributed by atoms with Crippen molar-refractivity contribution < 1.29 is 33.8 Å². The van der Waals surface area contributed by atoms with E-state index in [0.717, 1.165) is 0 Å². The molecule has 0 saturated heterocycles. The molecule has 4 aromatic carbocycles. The highest BCUT2D eigenvalue weighted by Gasteiger charge is 2.17. The molecule has 0 aromatic heterocycles. The molecule has 1 atom stereocenters. The number of azo groups is 2. The predicted molar refractivity (Wildman–Crippen MR) is 157 cm³/mol. The van der Waals surface area contributed by atoms with E-state index >= 15 is 0 Å². The molecule has 0 heterocycles. The minimum atomic E-state index is -1.52. The molecule has 0 bridgehead atoms. The first-order valence-electron chi connectivity index (χ1n) is 12.3. The van der Waals surface area contributed by atoms with Crippen LogP contribution in [0.2, 0.25) is 0 Å². The molecule has 0 fully saturated rings. The van der Waals surface area contributed by atoms with Crippen molar-refractivity contribution in [3.05, 3.63) is 60.7 Å². The summed E-state index contributed by atoms with van der Waals surface area (Å²) < 4.78 is 28.1. The van der Waals surface area contributed by atoms with Gasteiger partial charge in [-0.2, -0.15) is 5.11 Å². The Hall–Kier alpha value is -4.13. The maximum Gasteiger partial charge on any atom is 0.373 e. The predicted octanol–water partition coefficient (Wildman–Crippen LogP) is 8.27. The standard InChI is InChI=1S/C27H26N5O7PS/c1-4-36-23-15-22(24(37-5-2)14-21(23)30-29-18-7-6-8-19(13-18)40(3)35)31-32-26-25(41-39-38-34)11-16-9-10-17(28)12-20(16)27(26)33/h6-15H,4-5,28H2,1-3H3,(H-,33,34)/p+1. The second kappa shape index (κ2) is 14.0. The Balaban J connectivity index is 1.78. The topological polar surface area (TPSA) is 170 Å². The third kappa shape index (κ3) is 7.34. The fourth-order valence-corrected chi connectivity index (χ4v) is 4.88. The summed E-state index contributed by atoms with van der Waals surface area (Å²) in [5, 5.41) is 42.5. The van der Waals surface area contributed by atoms with E-state index in [4.69, 9.17) is 20.5 Å². The molecule has 0 saturated carbocycles. The number of nitrogens with two attached hydrogens (primary N) is 1. The second-order valence-corrected chi connectivity index (χ2v) is 10.6. The molecule has 0 amide bonds. The van der Waals surface area contributed by atoms with Gasteiger partial charge in [-0.1, -0.05) is 21.7 Å². The number of rotatable bonds is 12. The van der Waals surface area contributed by atoms with Crippen LogP contribution in [-0.4, -0.2) is 30.2 Å². The lowest BCUT2D eigenvalue weighted by molar-refractivity contribution is -0.432. The smallest absolute Gasteiger partial charge is 0.373 e. The van der Waals surface area contributed by atoms with Crippen LogP contribution in [0.25, 0.3) is 10.8 Å². The van der Waals surface area contributed by atoms with E-state index in [1.54, 1.807) is 67.3 Å². The summed E-state index contributed by atoms with van der Waals surface area (Å²) in [6.45, 7) is 5.93. The van der Waals surface area contributed by atoms with Gasteiger partial charge < -0.3 is 20.3 Å². The van der Waals surface area contributed by atoms with Gasteiger partial charge in [0.2, 0.25) is 0 Å². The fraction of sp³-hybridized carbons (Fsp3) is 0.185. The van der Waals surface area contributed by atoms with Gasteiger partial charge in [-0.15, -0.1) is 19.7 Å². The van der Waals surface area contributed by atoms with E-state index < -0.39 is 7.80 Å². The van der Waals surface area contributed by atoms with Gasteiger partial charge >= 0.3 is 7.80 Å². The molecule has 0 radical (unpaired) electrons. The molecule has 212 valence electrons. The number of nitrogens with zero attached hydrogens (tertiary/aromatic N) is 4. The Kier molecular flexibility index (Phi) is 10.2. The van der Waals surface area contributed by atoms with Crippen LogP contribution in [0, 0.1) is 0 Å². The highest BCUT2D eigenvalue weighted by molar-refractivity contribution is 7.94. The van der Waals surface area contributed by atoms with Crippen LogP contribution in [0.3, 0.4) is 0 Å². The zero-order valence-corrected chi connectivity index (χ0v) is 24.1. The summed E-state index contributed by atoms with van der Waals surface area (Å²) in [6, 6.07) is 16.9. The Labute approximate surface area is 240 Å². The zero-order chi connectivity index (χ0) is 29.4. The van der Waals surface area contributed by atoms with Crippen molar-refractivity contribution in [2.75, 3.05) is 25.6 Å². The number of phenolic OH excluding ortho intramolecular Hbond substituents is 1. The van der Waals surface area contributed by atoms with Crippen LogP contribution in [0.15, 0.2) is 86.0 Å². The van der Waals surface area contributed by atoms with Crippen LogP contribution in [-0.2, 0) is 13.9 Å². The highest BCUT2D eigenvalue weighted by atomic mass is 32.2. The number of ether oxygens (including phenoxy) is 2. The molecule has 12 nitrogen and oxygen atoms in total. The van der Waals surface area contributed by atoms with Crippen molar-refractivity contribution in [3.63, 3.8) is 0 Å². The number of anilines is 1. The Morgan fingerprint density at radius 1 is 0.902 bits per heavy atom. The molecule has 14 heteroatoms. The van der Waals surface area contributed by atoms with E-state index in [2.05, 4.69) is 29.8 Å². The zero-order valence-electron chi connectivity index (χ0n) is 22.3. The normalized spacial score (nSPS) is 12.0. The quantitative estimate of drug-likeness (QED) is 0.0363. The Bertz CT molecular complexity index is 1630. The summed E-state index contributed by atoms with van der Waals surface area (Å²) in [5.41, 5.74) is 7.62. The molecule has 0 aliphatic heterocycles. The minimum absolute atomic E-state index is 0.0449. The second-order valence-electron chi connectivity index (χ2n) is 8.35. The molecule has 4 N–H and O–H groups in total. The van der Waals surface area contributed by atoms with Crippen LogP contribution in [0.5, 0.6) is 17.2 Å². The van der Waals surface area contributed by atoms with Gasteiger partial charge in [0.05, 0.1) is 35.8 Å². The Morgan fingerprint density at radius 2 is 1.59 bits per heavy atom. The molecule has 0 aliphatic carbocycles. The van der Waals surface area contributed by atoms with Crippen molar-refractivity contribution in [1.29, 1.82) is 0 Å². The summed E-state index contributed by atoms with van der Waals surface area (Å²) in [4.78, 5) is 0.307. The summed E-state index contributed by atoms with van der Waals surface area (Å²) >= 11 is 0.632. The van der Waals surface area contributed by atoms with Gasteiger partial charge in [-0.05, 0) is 49.6 Å². The van der Waals surface area contributed by atoms with E-state index in [1.807, 2.05) is 13.8 Å². The first kappa shape index (κ1) is 29.8. The lowest BCUT2D eigenvalue weighted by atomic mass is 10.1. The molecule has 4 rings (SSSR count). The average Bonchev–Trinajstić information content (AvgIpc) is 2.96. The largest absolute Gasteiger partial charge is 0.505 e. The molecule has 1 unspecified atom stereocenters. The number of hydrogen-bond donors (Lipinski definition) is 3. The van der Waals surface area contributed by atoms with Crippen molar-refractivity contribution >= 4 is 64.4 Å². The monoisotopic (exact) mass is 596 g/mol. The van der Waals surface area contributed by atoms with Gasteiger partial charge in [0.25, 0.3) is 0 Å². The van der Waals surface area contributed by atoms with Crippen LogP contribution in [0.1, 0.15) is 13.8 Å². The lowest BCUT2D eigenvalue weighted by Gasteiger charge is -2.12. The van der Waals surface area contributed by atoms with Crippen molar-refractivity contribution in [2.45, 2.75) is 18.7 Å². The first-order chi connectivity index (χ1) is 19.8. The summed E-state index contributed by atoms with van der Waals surface area (Å²) in [6.07, 6.45) is 0. The fourth-order valence-electron chi connectivity index (χ4n) is 3.77. The number of hydrogen-bond acceptors (Lipinski definition) is 13. The van der Waals surface area contributed by atoms with Gasteiger partial charge in [0, 0.05) is 29.3 Å². The molecule has 41 heavy (non-hydrogen) atoms. The van der Waals surface area contributed by atoms with Crippen molar-refractivity contribution in [2.24, 2.45) is 20.5 Å². The van der Waals surface area contributed by atoms with Gasteiger partial charge in [-0.3, -0.25) is 0 Å². The Morgan fingerprint density at radius 3 is 2.22 bits per heavy atom. The maximum absolute atomic E-state index is 11.9. The third-order valence-corrected chi connectivity index (χ3v) is 7.22. The minimum Gasteiger partial charge on any atom is -0.505 e. The number of aromatic hydroxyl groups is 1. The number of nitrogen functional groups attached to an aromatic ring is 1. The molecular weight excluding hydrogens is 569 g/mol. The van der Waals surface area contributed by atoms with Crippen LogP contribution >= 0.6 is 19.8 Å². The summed E-state index contributed by atoms with van der Waals surface area (Å²) in [5.74, 6) is 0.508. The first-order valence-corrected chi connectivity index (χ1v) is 14.8. The van der Waals surface area contributed by atoms with E-state index in [9.17, 15) is 9.67 Å². The number of fused-ring (bicyclic) bond motifs is 1. The van der Waals surface area contributed by atoms with E-state index in [-0.39, 0.29) is 11.4 Å². The molecular formula is C27H27N5O7PS+. The van der Waals surface area contributed by atoms with Gasteiger partial charge in [0.15, 0.2) is 11.1 Å². The van der Waals surface area contributed by atoms with Crippen molar-refractivity contribution in [3.8, 4) is 17.2 Å². The molecule has 4 aromatic rings. The SMILES string of the molecule is CCOc1cc(N=Nc2c(SOOO)cc3ccc(N)cc3c2O)c(OCC)cc1N=Nc1cccc([P+](C)=O)c1. The lowest BCUT2D eigenvalue weighted by Crippen LogP contribution is -1.95. The molecule has 0 spiro atoms. The van der Waals surface area contributed by atoms with Gasteiger partial charge in [-0.25, -0.2) is 5.26 Å². The number of phenols is 1. The number of benzene rings is 4. The highest BCUT2D eigenvalue weighted by Crippen LogP contribution is 2.46. The maximum atomic E-state index is 11.9. The third-order valence-electron chi connectivity index (χ3n) is 5.60. The van der Waals surface area contributed by atoms with Crippen molar-refractivity contribution in [1.82, 2.24) is 0 Å². The van der Waals surface area contributed by atoms with E-state index in [1.165, 1.54) is 0 Å².